The van der Waals surface area contributed by atoms with Crippen LogP contribution in [-0.4, -0.2) is 57.5 Å². The highest BCUT2D eigenvalue weighted by Gasteiger charge is 2.89. The molecule has 0 aliphatic rings. The van der Waals surface area contributed by atoms with Gasteiger partial charge in [0.25, 0.3) is 0 Å². The molecule has 0 atom stereocenters. The lowest BCUT2D eigenvalue weighted by Gasteiger charge is -2.39. The van der Waals surface area contributed by atoms with Crippen LogP contribution in [0.5, 0.6) is 0 Å². The summed E-state index contributed by atoms with van der Waals surface area (Å²) >= 11 is -1.01. The van der Waals surface area contributed by atoms with Crippen LogP contribution in [0.15, 0.2) is 12.2 Å². The molecule has 0 aliphatic heterocycles. The lowest BCUT2D eigenvalue weighted by Crippen LogP contribution is -2.69. The van der Waals surface area contributed by atoms with Crippen LogP contribution >= 0.6 is 22.6 Å². The van der Waals surface area contributed by atoms with Crippen molar-refractivity contribution in [1.29, 1.82) is 0 Å². The van der Waals surface area contributed by atoms with E-state index in [9.17, 15) is 92.2 Å². The first-order chi connectivity index (χ1) is 14.2. The molecule has 204 valence electrons. The Hall–Kier alpha value is -1.00. The first kappa shape index (κ1) is 33.0. The summed E-state index contributed by atoms with van der Waals surface area (Å²) in [6.45, 7) is 0. The topological polar surface area (TPSA) is 0 Å². The van der Waals surface area contributed by atoms with Gasteiger partial charge in [0, 0.05) is 22.6 Å². The predicted molar refractivity (Wildman–Crippen MR) is 73.7 cm³/mol. The van der Waals surface area contributed by atoms with Gasteiger partial charge in [-0.3, -0.25) is 0 Å². The second-order valence-electron chi connectivity index (χ2n) is 6.02. The van der Waals surface area contributed by atoms with Gasteiger partial charge in [-0.15, -0.1) is 0 Å². The van der Waals surface area contributed by atoms with Gasteiger partial charge in [-0.25, -0.2) is 0 Å². The summed E-state index contributed by atoms with van der Waals surface area (Å²) in [5, 5.41) is 0. The zero-order chi connectivity index (χ0) is 28.4. The molecule has 0 rings (SSSR count). The Morgan fingerprint density at radius 2 is 0.559 bits per heavy atom. The van der Waals surface area contributed by atoms with Gasteiger partial charge >= 0.3 is 57.5 Å². The van der Waals surface area contributed by atoms with Gasteiger partial charge in [0.05, 0.1) is 0 Å². The van der Waals surface area contributed by atoms with Gasteiger partial charge < -0.3 is 0 Å². The van der Waals surface area contributed by atoms with Crippen LogP contribution in [0.1, 0.15) is 0 Å². The smallest absolute Gasteiger partial charge is 0.195 e. The fourth-order valence-corrected chi connectivity index (χ4v) is 1.93. The van der Waals surface area contributed by atoms with E-state index in [0.717, 1.165) is 0 Å². The number of rotatable bonds is 9. The first-order valence-electron chi connectivity index (χ1n) is 7.07. The van der Waals surface area contributed by atoms with Crippen LogP contribution in [0.2, 0.25) is 0 Å². The Morgan fingerprint density at radius 3 is 0.794 bits per heavy atom. The quantitative estimate of drug-likeness (QED) is 0.100. The highest BCUT2D eigenvalue weighted by Crippen LogP contribution is 2.61. The van der Waals surface area contributed by atoms with E-state index in [0.29, 0.717) is 0 Å². The fraction of sp³-hybridized carbons (Fsp3) is 0.833. The molecule has 0 unspecified atom stereocenters. The molecule has 0 heterocycles. The molecule has 34 heavy (non-hydrogen) atoms. The first-order valence-corrected chi connectivity index (χ1v) is 8.15. The molecule has 0 aromatic heterocycles. The monoisotopic (exact) mass is 672 g/mol. The number of alkyl halides is 22. The van der Waals surface area contributed by atoms with E-state index in [2.05, 4.69) is 0 Å². The summed E-state index contributed by atoms with van der Waals surface area (Å²) in [6, 6.07) is 0. The van der Waals surface area contributed by atoms with Gasteiger partial charge in [-0.2, -0.15) is 92.2 Å². The van der Waals surface area contributed by atoms with Crippen LogP contribution < -0.4 is 0 Å². The molecule has 0 fully saturated rings. The minimum atomic E-state index is -8.32. The normalized spacial score (nSPS) is 17.0. The van der Waals surface area contributed by atoms with Crippen molar-refractivity contribution in [2.45, 2.75) is 57.5 Å². The lowest BCUT2D eigenvalue weighted by molar-refractivity contribution is -0.409. The Labute approximate surface area is 185 Å². The van der Waals surface area contributed by atoms with Crippen LogP contribution in [0, 0.1) is 0 Å². The third-order valence-corrected chi connectivity index (χ3v) is 4.31. The van der Waals surface area contributed by atoms with Crippen molar-refractivity contribution < 1.29 is 92.2 Å². The van der Waals surface area contributed by atoms with E-state index in [1.54, 1.807) is 0 Å². The van der Waals surface area contributed by atoms with Crippen molar-refractivity contribution >= 4 is 22.6 Å². The number of hydrogen-bond acceptors (Lipinski definition) is 0. The zero-order valence-corrected chi connectivity index (χ0v) is 16.6. The Morgan fingerprint density at radius 1 is 0.324 bits per heavy atom. The van der Waals surface area contributed by atoms with Gasteiger partial charge in [0.15, 0.2) is 0 Å². The summed E-state index contributed by atoms with van der Waals surface area (Å²) in [5.41, 5.74) is 0. The van der Waals surface area contributed by atoms with Crippen LogP contribution in [0.25, 0.3) is 0 Å². The predicted octanol–water partition coefficient (Wildman–Crippen LogP) is 8.22. The van der Waals surface area contributed by atoms with Gasteiger partial charge in [0.1, 0.15) is 0 Å². The second-order valence-corrected chi connectivity index (χ2v) is 7.38. The molecule has 0 aromatic rings. The van der Waals surface area contributed by atoms with E-state index in [1.165, 1.54) is 0 Å². The summed E-state index contributed by atoms with van der Waals surface area (Å²) < 4.78 is 263. The van der Waals surface area contributed by atoms with E-state index in [-0.39, 0.29) is 0 Å². The van der Waals surface area contributed by atoms with Crippen molar-refractivity contribution in [1.82, 2.24) is 0 Å². The van der Waals surface area contributed by atoms with Crippen molar-refractivity contribution in [3.8, 4) is 0 Å². The molecule has 0 aromatic carbocycles. The summed E-state index contributed by atoms with van der Waals surface area (Å²) in [4.78, 5) is 0. The van der Waals surface area contributed by atoms with Gasteiger partial charge in [0.2, 0.25) is 0 Å². The Kier molecular flexibility index (Phi) is 8.02. The maximum Gasteiger partial charge on any atom is 0.460 e. The van der Waals surface area contributed by atoms with Gasteiger partial charge in [-0.1, -0.05) is 0 Å². The molecular weight excluding hydrogens is 670 g/mol. The summed E-state index contributed by atoms with van der Waals surface area (Å²) in [5.74, 6) is -62.5. The van der Waals surface area contributed by atoms with E-state index < -0.39 is 92.2 Å². The third kappa shape index (κ3) is 4.59. The Bertz CT molecular complexity index is 766. The van der Waals surface area contributed by atoms with Crippen molar-refractivity contribution in [2.24, 2.45) is 0 Å². The fourth-order valence-electron chi connectivity index (χ4n) is 1.59. The largest absolute Gasteiger partial charge is 0.460 e. The summed E-state index contributed by atoms with van der Waals surface area (Å²) in [6.07, 6.45) is -12.9. The van der Waals surface area contributed by atoms with E-state index >= 15 is 0 Å². The maximum absolute atomic E-state index is 13.3. The van der Waals surface area contributed by atoms with Crippen molar-refractivity contribution in [2.75, 3.05) is 0 Å². The Balaban J connectivity index is 6.60. The van der Waals surface area contributed by atoms with Gasteiger partial charge in [-0.05, 0) is 12.2 Å². The third-order valence-electron chi connectivity index (χ3n) is 3.63. The summed E-state index contributed by atoms with van der Waals surface area (Å²) in [7, 11) is 0. The number of hydrogen-bond donors (Lipinski definition) is 0. The minimum Gasteiger partial charge on any atom is -0.195 e. The van der Waals surface area contributed by atoms with Crippen LogP contribution in [0.4, 0.5) is 92.2 Å². The number of allylic oxidation sites excluding steroid dienone is 2. The average molecular weight is 672 g/mol. The van der Waals surface area contributed by atoms with Crippen LogP contribution in [-0.2, 0) is 0 Å². The molecular formula is C12H2F21I. The standard InChI is InChI=1S/C12H2F21I/c13-3(14,1-2-4(15,16)6(19,20)9(25,26)11(29,30)31)5(17,18)7(21,22)8(23,24)10(27,28)12(32,33)34/h1-2H. The molecule has 0 spiro atoms. The minimum absolute atomic E-state index is 1.01. The van der Waals surface area contributed by atoms with E-state index in [1.807, 2.05) is 0 Å². The molecule has 0 nitrogen and oxygen atoms in total. The molecule has 0 bridgehead atoms. The highest BCUT2D eigenvalue weighted by molar-refractivity contribution is 14.1. The SMILES string of the molecule is FC(F)(F)C(F)(F)C(F)(F)C(F)(F)C=CC(F)(F)C(F)(F)C(F)(F)C(F)(F)C(F)(F)C(F)(F)I. The van der Waals surface area contributed by atoms with Crippen LogP contribution in [0.3, 0.4) is 0 Å². The number of halogens is 22. The molecule has 0 amide bonds. The zero-order valence-electron chi connectivity index (χ0n) is 14.5. The molecule has 0 saturated heterocycles. The van der Waals surface area contributed by atoms with Crippen molar-refractivity contribution in [3.05, 3.63) is 12.2 Å². The molecule has 0 N–H and O–H groups in total. The van der Waals surface area contributed by atoms with Crippen molar-refractivity contribution in [3.63, 3.8) is 0 Å². The second kappa shape index (κ2) is 8.26. The molecule has 0 aliphatic carbocycles. The molecule has 0 saturated carbocycles. The molecule has 0 radical (unpaired) electrons. The average Bonchev–Trinajstić information content (AvgIpc) is 2.57. The lowest BCUT2D eigenvalue weighted by atomic mass is 9.93. The molecule has 22 heteroatoms. The highest BCUT2D eigenvalue weighted by atomic mass is 127. The maximum atomic E-state index is 13.3. The van der Waals surface area contributed by atoms with E-state index in [4.69, 9.17) is 0 Å².